The number of fused-ring (bicyclic) bond motifs is 16. The third-order valence-corrected chi connectivity index (χ3v) is 33.8. The Morgan fingerprint density at radius 2 is 0.192 bits per heavy atom. The van der Waals surface area contributed by atoms with Gasteiger partial charge in [-0.1, -0.05) is 407 Å². The standard InChI is InChI=1S/2C44H72N4.2Mn.H2O/c2*1-5-13-29(14-6-1)41-33-21-23-35(45-33)42(30-15-7-2-8-16-30)37-25-27-39(47-37)44(32-19-11-4-12-20-32)40-28-26-38(48-40)43(31-17-9-3-10-18-31)36-24-22-34(41)46-36;;;/h2*29-44H,1-28H2;;;1H2/q2*-4;;;. The predicted molar refractivity (Wildman–Crippen MR) is 405 cm³/mol. The van der Waals surface area contributed by atoms with Gasteiger partial charge in [-0.3, -0.25) is 0 Å². The van der Waals surface area contributed by atoms with E-state index < -0.39 is 0 Å². The Hall–Kier alpha value is 0.679. The molecule has 18 fully saturated rings. The van der Waals surface area contributed by atoms with E-state index in [4.69, 9.17) is 42.5 Å². The van der Waals surface area contributed by atoms with Crippen LogP contribution >= 0.6 is 0 Å². The topological polar surface area (TPSA) is 144 Å². The molecule has 0 aromatic rings. The number of hydrogen-bond donors (Lipinski definition) is 0. The van der Waals surface area contributed by atoms with Gasteiger partial charge >= 0.3 is 0 Å². The average molecular weight is 1440 g/mol. The van der Waals surface area contributed by atoms with Gasteiger partial charge in [0.1, 0.15) is 0 Å². The van der Waals surface area contributed by atoms with Gasteiger partial charge in [0.15, 0.2) is 0 Å². The number of rotatable bonds is 8. The zero-order valence-electron chi connectivity index (χ0n) is 62.9. The van der Waals surface area contributed by atoms with Crippen molar-refractivity contribution in [3.8, 4) is 0 Å². The molecule has 566 valence electrons. The molecular weight excluding hydrogens is 1290 g/mol. The molecule has 0 aromatic heterocycles. The quantitative estimate of drug-likeness (QED) is 0.213. The second-order valence-corrected chi connectivity index (χ2v) is 38.7. The maximum Gasteiger partial charge on any atom is 0 e. The maximum atomic E-state index is 6.09. The summed E-state index contributed by atoms with van der Waals surface area (Å²) in [5.74, 6) is 12.8. The van der Waals surface area contributed by atoms with E-state index in [0.717, 1.165) is 94.7 Å². The van der Waals surface area contributed by atoms with Gasteiger partial charge in [0.2, 0.25) is 0 Å². The van der Waals surface area contributed by atoms with Crippen molar-refractivity contribution < 1.29 is 39.6 Å². The Morgan fingerprint density at radius 3 is 0.273 bits per heavy atom. The van der Waals surface area contributed by atoms with E-state index in [2.05, 4.69) is 0 Å². The summed E-state index contributed by atoms with van der Waals surface area (Å²) in [7, 11) is 0. The molecule has 2 N–H and O–H groups in total. The monoisotopic (exact) mass is 1440 g/mol. The summed E-state index contributed by atoms with van der Waals surface area (Å²) in [6.45, 7) is 0. The van der Waals surface area contributed by atoms with Gasteiger partial charge in [0.25, 0.3) is 0 Å². The molecule has 9 nitrogen and oxygen atoms in total. The molecule has 11 heteroatoms. The maximum absolute atomic E-state index is 6.09. The first kappa shape index (κ1) is 76.4. The molecule has 18 aliphatic rings. The van der Waals surface area contributed by atoms with Crippen LogP contribution in [0.2, 0.25) is 0 Å². The van der Waals surface area contributed by atoms with Crippen molar-refractivity contribution >= 4 is 0 Å². The first-order chi connectivity index (χ1) is 47.6. The van der Waals surface area contributed by atoms with Crippen LogP contribution in [-0.2, 0) is 34.1 Å². The van der Waals surface area contributed by atoms with Crippen LogP contribution < -0.4 is 0 Å². The van der Waals surface area contributed by atoms with Crippen molar-refractivity contribution in [2.45, 2.75) is 456 Å². The molecule has 10 heterocycles. The van der Waals surface area contributed by atoms with E-state index in [1.165, 1.54) is 360 Å². The fraction of sp³-hybridized carbons (Fsp3) is 1.00. The molecule has 99 heavy (non-hydrogen) atoms. The number of hydrogen-bond acceptors (Lipinski definition) is 0. The fourth-order valence-corrected chi connectivity index (χ4v) is 29.8. The molecule has 18 rings (SSSR count). The summed E-state index contributed by atoms with van der Waals surface area (Å²) in [4.78, 5) is 0. The van der Waals surface area contributed by atoms with Crippen molar-refractivity contribution in [2.24, 2.45) is 94.7 Å². The van der Waals surface area contributed by atoms with Crippen LogP contribution in [0, 0.1) is 94.7 Å². The SMILES string of the molecule is C1CCC(C2C3CCC([N-]3)C(C3CCCCC3)C3CCC([N-]3)C(C3CCCCC3)C3CCC([N-]3)C(C3CCCCC3)C3CCC2[N-]3)CC1.C1CCC(C2C3CCC([N-]3)C(C3CCCCC3)C3CCC([N-]3)C(C3CCCCC3)C3CCC([N-]3)C(C3CCCCC3)C3CCC2[N-]3)CC1.O.[Mn].[Mn]. The van der Waals surface area contributed by atoms with Gasteiger partial charge < -0.3 is 48.0 Å². The van der Waals surface area contributed by atoms with Gasteiger partial charge in [-0.15, -0.1) is 96.7 Å². The molecule has 16 bridgehead atoms. The minimum Gasteiger partial charge on any atom is -0.656 e. The van der Waals surface area contributed by atoms with E-state index in [1.807, 2.05) is 0 Å². The second-order valence-electron chi connectivity index (χ2n) is 38.7. The van der Waals surface area contributed by atoms with Crippen LogP contribution in [-0.4, -0.2) is 102 Å². The van der Waals surface area contributed by atoms with Crippen molar-refractivity contribution in [2.75, 3.05) is 0 Å². The first-order valence-corrected chi connectivity index (χ1v) is 45.2. The summed E-state index contributed by atoms with van der Waals surface area (Å²) >= 11 is 0. The smallest absolute Gasteiger partial charge is 0 e. The van der Waals surface area contributed by atoms with Crippen molar-refractivity contribution in [1.29, 1.82) is 0 Å². The minimum atomic E-state index is 0. The van der Waals surface area contributed by atoms with Crippen LogP contribution in [0.1, 0.15) is 360 Å². The van der Waals surface area contributed by atoms with Crippen molar-refractivity contribution in [3.63, 3.8) is 0 Å². The third-order valence-electron chi connectivity index (χ3n) is 33.8. The molecule has 0 amide bonds. The van der Waals surface area contributed by atoms with E-state index >= 15 is 0 Å². The van der Waals surface area contributed by atoms with E-state index in [9.17, 15) is 0 Å². The summed E-state index contributed by atoms with van der Waals surface area (Å²) < 4.78 is 0. The Balaban J connectivity index is 0.000000164. The molecule has 8 aliphatic carbocycles. The molecular formula is C88H146Mn2N8O-8. The van der Waals surface area contributed by atoms with E-state index in [-0.39, 0.29) is 39.6 Å². The normalized spacial score (nSPS) is 46.1. The average Bonchev–Trinajstić information content (AvgIpc) is 1.63. The van der Waals surface area contributed by atoms with Gasteiger partial charge in [0, 0.05) is 34.1 Å². The Labute approximate surface area is 628 Å². The molecule has 2 radical (unpaired) electrons. The Morgan fingerprint density at radius 1 is 0.111 bits per heavy atom. The van der Waals surface area contributed by atoms with Crippen LogP contribution in [0.25, 0.3) is 42.5 Å². The van der Waals surface area contributed by atoms with Crippen LogP contribution in [0.5, 0.6) is 0 Å². The molecule has 16 atom stereocenters. The van der Waals surface area contributed by atoms with Crippen molar-refractivity contribution in [3.05, 3.63) is 42.5 Å². The molecule has 16 unspecified atom stereocenters. The summed E-state index contributed by atoms with van der Waals surface area (Å²) in [6.07, 6.45) is 80.0. The second kappa shape index (κ2) is 36.5. The summed E-state index contributed by atoms with van der Waals surface area (Å²) in [5.41, 5.74) is 0. The van der Waals surface area contributed by atoms with Gasteiger partial charge in [-0.25, -0.2) is 0 Å². The molecule has 10 aliphatic heterocycles. The van der Waals surface area contributed by atoms with Crippen LogP contribution in [0.3, 0.4) is 0 Å². The molecule has 0 aromatic carbocycles. The molecule has 10 saturated heterocycles. The first-order valence-electron chi connectivity index (χ1n) is 45.2. The zero-order valence-corrected chi connectivity index (χ0v) is 65.3. The van der Waals surface area contributed by atoms with E-state index in [1.54, 1.807) is 0 Å². The van der Waals surface area contributed by atoms with Crippen LogP contribution in [0.15, 0.2) is 0 Å². The van der Waals surface area contributed by atoms with Gasteiger partial charge in [-0.2, -0.15) is 0 Å². The largest absolute Gasteiger partial charge is 0.656 e. The Kier molecular flexibility index (Phi) is 28.2. The fourth-order valence-electron chi connectivity index (χ4n) is 29.8. The van der Waals surface area contributed by atoms with E-state index in [0.29, 0.717) is 96.7 Å². The number of nitrogens with zero attached hydrogens (tertiary/aromatic N) is 8. The van der Waals surface area contributed by atoms with Crippen LogP contribution in [0.4, 0.5) is 0 Å². The minimum absolute atomic E-state index is 0. The third kappa shape index (κ3) is 17.0. The molecule has 0 spiro atoms. The summed E-state index contributed by atoms with van der Waals surface area (Å²) in [5, 5.41) is 48.7. The van der Waals surface area contributed by atoms with Gasteiger partial charge in [-0.05, 0) is 47.3 Å². The Bertz CT molecular complexity index is 1800. The summed E-state index contributed by atoms with van der Waals surface area (Å²) in [6, 6.07) is 9.19. The van der Waals surface area contributed by atoms with Gasteiger partial charge in [0.05, 0.1) is 0 Å². The zero-order chi connectivity index (χ0) is 63.7. The predicted octanol–water partition coefficient (Wildman–Crippen LogP) is 24.0. The van der Waals surface area contributed by atoms with Crippen molar-refractivity contribution in [1.82, 2.24) is 0 Å². The molecule has 8 saturated carbocycles.